The van der Waals surface area contributed by atoms with Gasteiger partial charge in [-0.05, 0) is 11.6 Å². The Kier molecular flexibility index (Phi) is 3.72. The van der Waals surface area contributed by atoms with Gasteiger partial charge in [-0.1, -0.05) is 36.7 Å². The highest BCUT2D eigenvalue weighted by Crippen LogP contribution is 2.27. The quantitative estimate of drug-likeness (QED) is 0.784. The van der Waals surface area contributed by atoms with Gasteiger partial charge in [0.25, 0.3) is 0 Å². The average Bonchev–Trinajstić information content (AvgIpc) is 2.16. The molecule has 0 bridgehead atoms. The fraction of sp³-hybridized carbons (Fsp3) is 0.400. The molecule has 0 fully saturated rings. The molecule has 1 rings (SSSR count). The predicted molar refractivity (Wildman–Crippen MR) is 52.7 cm³/mol. The SMILES string of the molecule is CC(CO)[C@H](O)c1ccccc1Cl. The van der Waals surface area contributed by atoms with Crippen LogP contribution in [-0.2, 0) is 0 Å². The van der Waals surface area contributed by atoms with Gasteiger partial charge in [0.15, 0.2) is 0 Å². The maximum absolute atomic E-state index is 9.73. The minimum absolute atomic E-state index is 0.0492. The van der Waals surface area contributed by atoms with Gasteiger partial charge in [-0.3, -0.25) is 0 Å². The Hall–Kier alpha value is -0.570. The molecule has 2 atom stereocenters. The van der Waals surface area contributed by atoms with Gasteiger partial charge in [0, 0.05) is 17.5 Å². The van der Waals surface area contributed by atoms with Gasteiger partial charge in [-0.2, -0.15) is 0 Å². The van der Waals surface area contributed by atoms with Gasteiger partial charge in [0.1, 0.15) is 0 Å². The van der Waals surface area contributed by atoms with Crippen LogP contribution in [0.3, 0.4) is 0 Å². The van der Waals surface area contributed by atoms with Crippen LogP contribution in [0.1, 0.15) is 18.6 Å². The number of benzene rings is 1. The van der Waals surface area contributed by atoms with Gasteiger partial charge < -0.3 is 10.2 Å². The van der Waals surface area contributed by atoms with E-state index in [-0.39, 0.29) is 12.5 Å². The molecule has 1 aromatic rings. The topological polar surface area (TPSA) is 40.5 Å². The van der Waals surface area contributed by atoms with E-state index in [0.717, 1.165) is 0 Å². The van der Waals surface area contributed by atoms with Crippen LogP contribution in [0.4, 0.5) is 0 Å². The van der Waals surface area contributed by atoms with Gasteiger partial charge >= 0.3 is 0 Å². The maximum atomic E-state index is 9.73. The lowest BCUT2D eigenvalue weighted by atomic mass is 9.98. The van der Waals surface area contributed by atoms with Crippen LogP contribution < -0.4 is 0 Å². The van der Waals surface area contributed by atoms with E-state index < -0.39 is 6.10 Å². The Morgan fingerprint density at radius 2 is 2.00 bits per heavy atom. The molecule has 2 N–H and O–H groups in total. The summed E-state index contributed by atoms with van der Waals surface area (Å²) in [6.07, 6.45) is -0.696. The normalized spacial score (nSPS) is 15.4. The summed E-state index contributed by atoms with van der Waals surface area (Å²) >= 11 is 5.88. The number of aliphatic hydroxyl groups excluding tert-OH is 2. The highest BCUT2D eigenvalue weighted by Gasteiger charge is 2.17. The van der Waals surface area contributed by atoms with Crippen LogP contribution in [0.15, 0.2) is 24.3 Å². The molecule has 1 aromatic carbocycles. The monoisotopic (exact) mass is 200 g/mol. The minimum Gasteiger partial charge on any atom is -0.396 e. The van der Waals surface area contributed by atoms with Crippen molar-refractivity contribution in [1.29, 1.82) is 0 Å². The van der Waals surface area contributed by atoms with Crippen molar-refractivity contribution in [3.63, 3.8) is 0 Å². The molecule has 0 heterocycles. The summed E-state index contributed by atoms with van der Waals surface area (Å²) in [7, 11) is 0. The molecule has 0 aliphatic rings. The lowest BCUT2D eigenvalue weighted by Crippen LogP contribution is -2.13. The van der Waals surface area contributed by atoms with Crippen molar-refractivity contribution in [2.75, 3.05) is 6.61 Å². The van der Waals surface area contributed by atoms with E-state index in [2.05, 4.69) is 0 Å². The second-order valence-electron chi connectivity index (χ2n) is 3.13. The van der Waals surface area contributed by atoms with Crippen LogP contribution in [0.2, 0.25) is 5.02 Å². The third kappa shape index (κ3) is 2.44. The zero-order valence-electron chi connectivity index (χ0n) is 7.44. The third-order valence-electron chi connectivity index (χ3n) is 2.05. The van der Waals surface area contributed by atoms with Crippen molar-refractivity contribution < 1.29 is 10.2 Å². The molecule has 0 aliphatic carbocycles. The van der Waals surface area contributed by atoms with E-state index in [1.807, 2.05) is 12.1 Å². The predicted octanol–water partition coefficient (Wildman–Crippen LogP) is 2.00. The molecule has 0 spiro atoms. The molecular formula is C10H13ClO2. The van der Waals surface area contributed by atoms with Crippen LogP contribution in [0.25, 0.3) is 0 Å². The van der Waals surface area contributed by atoms with Crippen LogP contribution >= 0.6 is 11.6 Å². The molecule has 3 heteroatoms. The molecule has 1 unspecified atom stereocenters. The van der Waals surface area contributed by atoms with Crippen molar-refractivity contribution in [3.8, 4) is 0 Å². The van der Waals surface area contributed by atoms with Gasteiger partial charge in [-0.15, -0.1) is 0 Å². The standard InChI is InChI=1S/C10H13ClO2/c1-7(6-12)10(13)8-4-2-3-5-9(8)11/h2-5,7,10,12-13H,6H2,1H3/t7?,10-/m0/s1. The zero-order valence-corrected chi connectivity index (χ0v) is 8.20. The summed E-state index contributed by atoms with van der Waals surface area (Å²) in [5, 5.41) is 19.1. The lowest BCUT2D eigenvalue weighted by Gasteiger charge is -2.17. The Morgan fingerprint density at radius 1 is 1.38 bits per heavy atom. The molecule has 13 heavy (non-hydrogen) atoms. The lowest BCUT2D eigenvalue weighted by molar-refractivity contribution is 0.0771. The summed E-state index contributed by atoms with van der Waals surface area (Å²) < 4.78 is 0. The molecule has 72 valence electrons. The first-order valence-corrected chi connectivity index (χ1v) is 4.58. The second-order valence-corrected chi connectivity index (χ2v) is 3.53. The summed E-state index contributed by atoms with van der Waals surface area (Å²) in [5.74, 6) is -0.195. The Labute approximate surface area is 82.8 Å². The summed E-state index contributed by atoms with van der Waals surface area (Å²) in [6, 6.07) is 7.11. The van der Waals surface area contributed by atoms with E-state index in [9.17, 15) is 5.11 Å². The summed E-state index contributed by atoms with van der Waals surface area (Å²) in [4.78, 5) is 0. The highest BCUT2D eigenvalue weighted by atomic mass is 35.5. The van der Waals surface area contributed by atoms with Crippen LogP contribution in [0, 0.1) is 5.92 Å². The number of hydrogen-bond donors (Lipinski definition) is 2. The average molecular weight is 201 g/mol. The van der Waals surface area contributed by atoms with Crippen LogP contribution in [0.5, 0.6) is 0 Å². The molecule has 0 amide bonds. The van der Waals surface area contributed by atoms with Crippen molar-refractivity contribution >= 4 is 11.6 Å². The van der Waals surface area contributed by atoms with E-state index in [1.54, 1.807) is 19.1 Å². The second kappa shape index (κ2) is 4.61. The molecular weight excluding hydrogens is 188 g/mol. The zero-order chi connectivity index (χ0) is 9.84. The van der Waals surface area contributed by atoms with E-state index >= 15 is 0 Å². The highest BCUT2D eigenvalue weighted by molar-refractivity contribution is 6.31. The molecule has 0 radical (unpaired) electrons. The maximum Gasteiger partial charge on any atom is 0.0851 e. The van der Waals surface area contributed by atoms with Crippen LogP contribution in [-0.4, -0.2) is 16.8 Å². The minimum atomic E-state index is -0.696. The van der Waals surface area contributed by atoms with Crippen molar-refractivity contribution in [2.24, 2.45) is 5.92 Å². The van der Waals surface area contributed by atoms with Crippen molar-refractivity contribution in [1.82, 2.24) is 0 Å². The Bertz CT molecular complexity index is 275. The van der Waals surface area contributed by atoms with Gasteiger partial charge in [0.2, 0.25) is 0 Å². The summed E-state index contributed by atoms with van der Waals surface area (Å²) in [6.45, 7) is 1.72. The number of halogens is 1. The first-order valence-electron chi connectivity index (χ1n) is 4.20. The third-order valence-corrected chi connectivity index (χ3v) is 2.40. The molecule has 0 saturated carbocycles. The molecule has 2 nitrogen and oxygen atoms in total. The smallest absolute Gasteiger partial charge is 0.0851 e. The van der Waals surface area contributed by atoms with E-state index in [4.69, 9.17) is 16.7 Å². The van der Waals surface area contributed by atoms with Gasteiger partial charge in [-0.25, -0.2) is 0 Å². The largest absolute Gasteiger partial charge is 0.396 e. The molecule has 0 saturated heterocycles. The van der Waals surface area contributed by atoms with Crippen molar-refractivity contribution in [2.45, 2.75) is 13.0 Å². The van der Waals surface area contributed by atoms with E-state index in [0.29, 0.717) is 10.6 Å². The number of hydrogen-bond acceptors (Lipinski definition) is 2. The first kappa shape index (κ1) is 10.5. The van der Waals surface area contributed by atoms with Crippen molar-refractivity contribution in [3.05, 3.63) is 34.9 Å². The Balaban J connectivity index is 2.88. The molecule has 0 aromatic heterocycles. The fourth-order valence-corrected chi connectivity index (χ4v) is 1.37. The van der Waals surface area contributed by atoms with E-state index in [1.165, 1.54) is 0 Å². The number of aliphatic hydroxyl groups is 2. The molecule has 0 aliphatic heterocycles. The Morgan fingerprint density at radius 3 is 2.54 bits per heavy atom. The fourth-order valence-electron chi connectivity index (χ4n) is 1.12. The van der Waals surface area contributed by atoms with Gasteiger partial charge in [0.05, 0.1) is 6.10 Å². The first-order chi connectivity index (χ1) is 6.16. The summed E-state index contributed by atoms with van der Waals surface area (Å²) in [5.41, 5.74) is 0.672. The number of rotatable bonds is 3.